The van der Waals surface area contributed by atoms with Crippen LogP contribution < -0.4 is 11.1 Å². The van der Waals surface area contributed by atoms with Gasteiger partial charge in [0.2, 0.25) is 0 Å². The van der Waals surface area contributed by atoms with Gasteiger partial charge < -0.3 is 11.1 Å². The zero-order chi connectivity index (χ0) is 12.7. The molecule has 3 nitrogen and oxygen atoms in total. The Kier molecular flexibility index (Phi) is 3.47. The standard InChI is InChI=1S/C13H25N3S/c1-12(2)9-4-5-13(12,3)10(8-9)16-6-7-17-11(14)15/h9-10,16H,4-8H2,1-3H3,(H3,14,15). The summed E-state index contributed by atoms with van der Waals surface area (Å²) in [5.74, 6) is 1.80. The van der Waals surface area contributed by atoms with Crippen molar-refractivity contribution in [1.82, 2.24) is 5.32 Å². The van der Waals surface area contributed by atoms with Crippen molar-refractivity contribution >= 4 is 16.9 Å². The van der Waals surface area contributed by atoms with E-state index in [9.17, 15) is 0 Å². The molecular formula is C13H25N3S. The van der Waals surface area contributed by atoms with Gasteiger partial charge in [0.1, 0.15) is 0 Å². The molecular weight excluding hydrogens is 230 g/mol. The van der Waals surface area contributed by atoms with Crippen molar-refractivity contribution < 1.29 is 0 Å². The smallest absolute Gasteiger partial charge is 0.151 e. The maximum absolute atomic E-state index is 7.18. The number of hydrogen-bond donors (Lipinski definition) is 3. The van der Waals surface area contributed by atoms with Crippen molar-refractivity contribution in [2.45, 2.75) is 46.1 Å². The molecule has 0 aliphatic heterocycles. The first-order chi connectivity index (χ1) is 7.88. The molecule has 2 bridgehead atoms. The number of amidine groups is 1. The van der Waals surface area contributed by atoms with Crippen LogP contribution in [0.1, 0.15) is 40.0 Å². The molecule has 2 fully saturated rings. The molecule has 98 valence electrons. The summed E-state index contributed by atoms with van der Waals surface area (Å²) in [5.41, 5.74) is 6.28. The number of thioether (sulfide) groups is 1. The van der Waals surface area contributed by atoms with Gasteiger partial charge in [-0.1, -0.05) is 32.5 Å². The molecule has 0 radical (unpaired) electrons. The Morgan fingerprint density at radius 3 is 2.65 bits per heavy atom. The van der Waals surface area contributed by atoms with E-state index in [-0.39, 0.29) is 5.17 Å². The highest BCUT2D eigenvalue weighted by molar-refractivity contribution is 8.13. The SMILES string of the molecule is CC1(C)C2CCC1(C)C(NCCSC(=N)N)C2. The fourth-order valence-electron chi connectivity index (χ4n) is 3.91. The molecule has 0 heterocycles. The quantitative estimate of drug-likeness (QED) is 0.411. The van der Waals surface area contributed by atoms with Crippen molar-refractivity contribution in [1.29, 1.82) is 5.41 Å². The first-order valence-corrected chi connectivity index (χ1v) is 7.56. The van der Waals surface area contributed by atoms with E-state index in [4.69, 9.17) is 11.1 Å². The lowest BCUT2D eigenvalue weighted by Crippen LogP contribution is -2.45. The van der Waals surface area contributed by atoms with Crippen LogP contribution >= 0.6 is 11.8 Å². The highest BCUT2D eigenvalue weighted by atomic mass is 32.2. The van der Waals surface area contributed by atoms with Crippen molar-refractivity contribution in [3.8, 4) is 0 Å². The predicted octanol–water partition coefficient (Wildman–Crippen LogP) is 2.42. The van der Waals surface area contributed by atoms with E-state index < -0.39 is 0 Å². The molecule has 0 amide bonds. The summed E-state index contributed by atoms with van der Waals surface area (Å²) in [4.78, 5) is 0. The van der Waals surface area contributed by atoms with Crippen LogP contribution in [0, 0.1) is 22.2 Å². The van der Waals surface area contributed by atoms with E-state index in [1.165, 1.54) is 31.0 Å². The minimum atomic E-state index is 0.228. The summed E-state index contributed by atoms with van der Waals surface area (Å²) in [6.45, 7) is 8.30. The third-order valence-corrected chi connectivity index (χ3v) is 6.26. The van der Waals surface area contributed by atoms with Gasteiger partial charge in [-0.25, -0.2) is 0 Å². The first kappa shape index (κ1) is 13.2. The summed E-state index contributed by atoms with van der Waals surface area (Å²) >= 11 is 1.43. The van der Waals surface area contributed by atoms with Crippen LogP contribution in [0.15, 0.2) is 0 Å². The van der Waals surface area contributed by atoms with Gasteiger partial charge in [0.25, 0.3) is 0 Å². The molecule has 4 heteroatoms. The van der Waals surface area contributed by atoms with Gasteiger partial charge in [0.05, 0.1) is 0 Å². The minimum absolute atomic E-state index is 0.228. The predicted molar refractivity (Wildman–Crippen MR) is 75.4 cm³/mol. The van der Waals surface area contributed by atoms with E-state index in [0.717, 1.165) is 18.2 Å². The summed E-state index contributed by atoms with van der Waals surface area (Å²) < 4.78 is 0. The molecule has 0 aromatic carbocycles. The van der Waals surface area contributed by atoms with E-state index in [0.29, 0.717) is 16.9 Å². The summed E-state index contributed by atoms with van der Waals surface area (Å²) in [6, 6.07) is 0.656. The van der Waals surface area contributed by atoms with E-state index >= 15 is 0 Å². The Morgan fingerprint density at radius 1 is 1.47 bits per heavy atom. The third-order valence-electron chi connectivity index (χ3n) is 5.54. The van der Waals surface area contributed by atoms with Gasteiger partial charge >= 0.3 is 0 Å². The number of fused-ring (bicyclic) bond motifs is 2. The van der Waals surface area contributed by atoms with Gasteiger partial charge in [0.15, 0.2) is 5.17 Å². The normalized spacial score (nSPS) is 38.5. The first-order valence-electron chi connectivity index (χ1n) is 6.58. The topological polar surface area (TPSA) is 61.9 Å². The Balaban J connectivity index is 1.86. The van der Waals surface area contributed by atoms with Crippen LogP contribution in [-0.4, -0.2) is 23.5 Å². The largest absolute Gasteiger partial charge is 0.379 e. The highest BCUT2D eigenvalue weighted by Crippen LogP contribution is 2.65. The van der Waals surface area contributed by atoms with Crippen LogP contribution in [0.4, 0.5) is 0 Å². The van der Waals surface area contributed by atoms with Gasteiger partial charge in [-0.2, -0.15) is 0 Å². The maximum Gasteiger partial charge on any atom is 0.151 e. The summed E-state index contributed by atoms with van der Waals surface area (Å²) in [5, 5.41) is 11.1. The fraction of sp³-hybridized carbons (Fsp3) is 0.923. The second-order valence-corrected chi connectivity index (χ2v) is 7.47. The Labute approximate surface area is 109 Å². The van der Waals surface area contributed by atoms with E-state index in [2.05, 4.69) is 26.1 Å². The lowest BCUT2D eigenvalue weighted by molar-refractivity contribution is 0.122. The second-order valence-electron chi connectivity index (χ2n) is 6.33. The molecule has 2 aliphatic carbocycles. The molecule has 2 aliphatic rings. The summed E-state index contributed by atoms with van der Waals surface area (Å²) in [6.07, 6.45) is 4.10. The molecule has 0 spiro atoms. The molecule has 3 unspecified atom stereocenters. The van der Waals surface area contributed by atoms with Crippen LogP contribution in [0.25, 0.3) is 0 Å². The Morgan fingerprint density at radius 2 is 2.18 bits per heavy atom. The van der Waals surface area contributed by atoms with Crippen LogP contribution in [-0.2, 0) is 0 Å². The van der Waals surface area contributed by atoms with E-state index in [1.54, 1.807) is 0 Å². The summed E-state index contributed by atoms with van der Waals surface area (Å²) in [7, 11) is 0. The monoisotopic (exact) mass is 255 g/mol. The maximum atomic E-state index is 7.18. The zero-order valence-electron chi connectivity index (χ0n) is 11.2. The third kappa shape index (κ3) is 2.10. The molecule has 0 saturated heterocycles. The van der Waals surface area contributed by atoms with Crippen molar-refractivity contribution in [2.24, 2.45) is 22.5 Å². The number of nitrogens with two attached hydrogens (primary N) is 1. The highest BCUT2D eigenvalue weighted by Gasteiger charge is 2.60. The fourth-order valence-corrected chi connectivity index (χ4v) is 4.35. The molecule has 2 saturated carbocycles. The molecule has 3 atom stereocenters. The zero-order valence-corrected chi connectivity index (χ0v) is 12.0. The van der Waals surface area contributed by atoms with Gasteiger partial charge in [0, 0.05) is 18.3 Å². The van der Waals surface area contributed by atoms with Gasteiger partial charge in [-0.3, -0.25) is 5.41 Å². The lowest BCUT2D eigenvalue weighted by atomic mass is 9.69. The molecule has 0 aromatic heterocycles. The average molecular weight is 255 g/mol. The molecule has 4 N–H and O–H groups in total. The van der Waals surface area contributed by atoms with Crippen LogP contribution in [0.3, 0.4) is 0 Å². The van der Waals surface area contributed by atoms with Crippen molar-refractivity contribution in [2.75, 3.05) is 12.3 Å². The number of rotatable bonds is 4. The Bertz CT molecular complexity index is 316. The molecule has 2 rings (SSSR count). The van der Waals surface area contributed by atoms with Gasteiger partial charge in [-0.05, 0) is 36.0 Å². The molecule has 0 aromatic rings. The van der Waals surface area contributed by atoms with Gasteiger partial charge in [-0.15, -0.1) is 0 Å². The van der Waals surface area contributed by atoms with Crippen LogP contribution in [0.2, 0.25) is 0 Å². The van der Waals surface area contributed by atoms with Crippen LogP contribution in [0.5, 0.6) is 0 Å². The average Bonchev–Trinajstić information content (AvgIpc) is 2.56. The van der Waals surface area contributed by atoms with Crippen molar-refractivity contribution in [3.05, 3.63) is 0 Å². The van der Waals surface area contributed by atoms with E-state index in [1.807, 2.05) is 0 Å². The number of hydrogen-bond acceptors (Lipinski definition) is 3. The van der Waals surface area contributed by atoms with Crippen molar-refractivity contribution in [3.63, 3.8) is 0 Å². The number of nitrogens with one attached hydrogen (secondary N) is 2. The second kappa shape index (κ2) is 4.47. The molecule has 17 heavy (non-hydrogen) atoms. The Hall–Kier alpha value is -0.220. The minimum Gasteiger partial charge on any atom is -0.379 e. The lowest BCUT2D eigenvalue weighted by Gasteiger charge is -2.39.